The van der Waals surface area contributed by atoms with Crippen LogP contribution >= 0.6 is 0 Å². The topological polar surface area (TPSA) is 126 Å². The molecule has 0 aromatic rings. The molecular weight excluding hydrogens is 196 g/mol. The average molecular weight is 202 g/mol. The maximum absolute atomic E-state index is 10.8. The maximum Gasteiger partial charge on any atom is 0.365 e. The lowest BCUT2D eigenvalue weighted by Crippen LogP contribution is -2.30. The number of nitroso groups, excluding NO2 is 2. The molecule has 2 N–H and O–H groups in total. The Morgan fingerprint density at radius 2 is 2.14 bits per heavy atom. The van der Waals surface area contributed by atoms with Crippen molar-refractivity contribution in [3.05, 3.63) is 21.3 Å². The predicted octanol–water partition coefficient (Wildman–Crippen LogP) is -0.425. The number of carbonyl (C=O) groups excluding carboxylic acids is 1. The molecule has 0 saturated carbocycles. The molecule has 1 heterocycles. The zero-order chi connectivity index (χ0) is 10.7. The zero-order valence-electron chi connectivity index (χ0n) is 6.78. The van der Waals surface area contributed by atoms with Gasteiger partial charge in [0, 0.05) is 0 Å². The third-order valence-corrected chi connectivity index (χ3v) is 1.64. The molecule has 0 aromatic heterocycles. The van der Waals surface area contributed by atoms with Gasteiger partial charge in [-0.2, -0.15) is 4.91 Å². The van der Waals surface area contributed by atoms with Crippen LogP contribution in [-0.2, 0) is 9.53 Å². The Morgan fingerprint density at radius 1 is 1.50 bits per heavy atom. The molecule has 0 aliphatic carbocycles. The van der Waals surface area contributed by atoms with Gasteiger partial charge in [0.1, 0.15) is 12.6 Å². The van der Waals surface area contributed by atoms with Crippen molar-refractivity contribution in [1.82, 2.24) is 0 Å². The average Bonchev–Trinajstić information content (AvgIpc) is 2.42. The minimum atomic E-state index is -1.48. The van der Waals surface area contributed by atoms with Crippen LogP contribution in [0.5, 0.6) is 0 Å². The number of hydrogen-bond acceptors (Lipinski definition) is 8. The number of ether oxygens (including phenoxy) is 1. The van der Waals surface area contributed by atoms with E-state index in [4.69, 9.17) is 10.2 Å². The number of esters is 1. The number of rotatable bonds is 4. The molecule has 1 aliphatic rings. The Hall–Kier alpha value is -1.83. The summed E-state index contributed by atoms with van der Waals surface area (Å²) in [6, 6.07) is 0. The fourth-order valence-corrected chi connectivity index (χ4v) is 0.983. The van der Waals surface area contributed by atoms with E-state index in [0.717, 1.165) is 0 Å². The summed E-state index contributed by atoms with van der Waals surface area (Å²) in [6.07, 6.45) is -2.91. The number of aliphatic hydroxyl groups is 2. The summed E-state index contributed by atoms with van der Waals surface area (Å²) < 4.78 is 4.39. The predicted molar refractivity (Wildman–Crippen MR) is 42.0 cm³/mol. The van der Waals surface area contributed by atoms with Gasteiger partial charge < -0.3 is 14.9 Å². The van der Waals surface area contributed by atoms with Crippen molar-refractivity contribution in [1.29, 1.82) is 0 Å². The monoisotopic (exact) mass is 202 g/mol. The van der Waals surface area contributed by atoms with Gasteiger partial charge in [0.25, 0.3) is 0 Å². The molecule has 1 aliphatic heterocycles. The summed E-state index contributed by atoms with van der Waals surface area (Å²) >= 11 is 0. The third kappa shape index (κ3) is 1.59. The minimum absolute atomic E-state index is 0.561. The van der Waals surface area contributed by atoms with Crippen LogP contribution in [0.4, 0.5) is 0 Å². The number of nitrogens with zero attached hydrogens (tertiary/aromatic N) is 2. The van der Waals surface area contributed by atoms with Gasteiger partial charge in [-0.3, -0.25) is 0 Å². The number of hydrogen-bond donors (Lipinski definition) is 2. The van der Waals surface area contributed by atoms with Crippen LogP contribution in [0.15, 0.2) is 21.8 Å². The lowest BCUT2D eigenvalue weighted by atomic mass is 10.1. The second-order valence-electron chi connectivity index (χ2n) is 2.53. The second kappa shape index (κ2) is 3.92. The van der Waals surface area contributed by atoms with Crippen LogP contribution in [0, 0.1) is 9.81 Å². The maximum atomic E-state index is 10.8. The van der Waals surface area contributed by atoms with Crippen LogP contribution in [0.1, 0.15) is 0 Å². The van der Waals surface area contributed by atoms with E-state index in [-0.39, 0.29) is 0 Å². The lowest BCUT2D eigenvalue weighted by molar-refractivity contribution is -0.144. The highest BCUT2D eigenvalue weighted by molar-refractivity contribution is 5.91. The van der Waals surface area contributed by atoms with E-state index in [1.807, 2.05) is 0 Å². The van der Waals surface area contributed by atoms with Crippen molar-refractivity contribution in [3.8, 4) is 0 Å². The van der Waals surface area contributed by atoms with Crippen molar-refractivity contribution in [3.63, 3.8) is 0 Å². The molecule has 0 aromatic carbocycles. The van der Waals surface area contributed by atoms with E-state index >= 15 is 0 Å². The Bertz CT molecular complexity index is 311. The van der Waals surface area contributed by atoms with Gasteiger partial charge in [-0.05, 0) is 5.18 Å². The van der Waals surface area contributed by atoms with Crippen LogP contribution in [0.25, 0.3) is 0 Å². The molecule has 76 valence electrons. The standard InChI is InChI=1S/C6H6N2O6/c9-2(1-7-12)5-4(10)3(8-13)6(11)14-5/h2,5,9-10H,1H2/t2-,5?/m0/s1. The van der Waals surface area contributed by atoms with Crippen LogP contribution in [-0.4, -0.2) is 34.9 Å². The fraction of sp³-hybridized carbons (Fsp3) is 0.500. The Labute approximate surface area is 77.1 Å². The van der Waals surface area contributed by atoms with Crippen molar-refractivity contribution in [2.75, 3.05) is 6.54 Å². The molecule has 0 spiro atoms. The molecule has 8 nitrogen and oxygen atoms in total. The Balaban J connectivity index is 2.85. The smallest absolute Gasteiger partial charge is 0.365 e. The van der Waals surface area contributed by atoms with Gasteiger partial charge in [-0.25, -0.2) is 4.79 Å². The summed E-state index contributed by atoms with van der Waals surface area (Å²) in [5.74, 6) is -1.91. The number of cyclic esters (lactones) is 1. The lowest BCUT2D eigenvalue weighted by Gasteiger charge is -2.13. The normalized spacial score (nSPS) is 23.2. The minimum Gasteiger partial charge on any atom is -0.506 e. The van der Waals surface area contributed by atoms with E-state index in [9.17, 15) is 14.6 Å². The highest BCUT2D eigenvalue weighted by Gasteiger charge is 2.40. The SMILES string of the molecule is O=NC[C@H](O)C1OC(=O)C(N=O)=C1O. The number of aliphatic hydroxyl groups excluding tert-OH is 2. The quantitative estimate of drug-likeness (QED) is 0.470. The van der Waals surface area contributed by atoms with Gasteiger partial charge in [0.2, 0.25) is 5.70 Å². The third-order valence-electron chi connectivity index (χ3n) is 1.64. The molecule has 0 amide bonds. The van der Waals surface area contributed by atoms with Crippen LogP contribution < -0.4 is 0 Å². The Morgan fingerprint density at radius 3 is 2.57 bits per heavy atom. The molecule has 1 unspecified atom stereocenters. The van der Waals surface area contributed by atoms with Gasteiger partial charge in [0.05, 0.1) is 0 Å². The van der Waals surface area contributed by atoms with Gasteiger partial charge >= 0.3 is 5.97 Å². The van der Waals surface area contributed by atoms with E-state index < -0.39 is 36.2 Å². The first-order valence-corrected chi connectivity index (χ1v) is 3.56. The van der Waals surface area contributed by atoms with Crippen molar-refractivity contribution in [2.45, 2.75) is 12.2 Å². The second-order valence-corrected chi connectivity index (χ2v) is 2.53. The van der Waals surface area contributed by atoms with Crippen molar-refractivity contribution >= 4 is 5.97 Å². The van der Waals surface area contributed by atoms with Crippen molar-refractivity contribution in [2.24, 2.45) is 10.4 Å². The first kappa shape index (κ1) is 10.3. The molecule has 1 rings (SSSR count). The molecule has 2 atom stereocenters. The largest absolute Gasteiger partial charge is 0.506 e. The summed E-state index contributed by atoms with van der Waals surface area (Å²) in [4.78, 5) is 30.6. The summed E-state index contributed by atoms with van der Waals surface area (Å²) in [5, 5.41) is 22.9. The summed E-state index contributed by atoms with van der Waals surface area (Å²) in [7, 11) is 0. The molecule has 0 bridgehead atoms. The highest BCUT2D eigenvalue weighted by atomic mass is 16.6. The first-order chi connectivity index (χ1) is 6.61. The highest BCUT2D eigenvalue weighted by Crippen LogP contribution is 2.23. The van der Waals surface area contributed by atoms with Crippen LogP contribution in [0.3, 0.4) is 0 Å². The molecule has 0 radical (unpaired) electrons. The van der Waals surface area contributed by atoms with Gasteiger partial charge in [0.15, 0.2) is 11.9 Å². The summed E-state index contributed by atoms with van der Waals surface area (Å²) in [6.45, 7) is -0.561. The zero-order valence-corrected chi connectivity index (χ0v) is 6.78. The molecule has 0 saturated heterocycles. The van der Waals surface area contributed by atoms with Crippen molar-refractivity contribution < 1.29 is 19.7 Å². The fourth-order valence-electron chi connectivity index (χ4n) is 0.983. The molecule has 14 heavy (non-hydrogen) atoms. The molecule has 8 heteroatoms. The van der Waals surface area contributed by atoms with E-state index in [1.165, 1.54) is 0 Å². The van der Waals surface area contributed by atoms with E-state index in [2.05, 4.69) is 15.1 Å². The summed E-state index contributed by atoms with van der Waals surface area (Å²) in [5.41, 5.74) is -0.792. The number of carbonyl (C=O) groups is 1. The van der Waals surface area contributed by atoms with E-state index in [1.54, 1.807) is 0 Å². The molecule has 0 fully saturated rings. The first-order valence-electron chi connectivity index (χ1n) is 3.56. The van der Waals surface area contributed by atoms with Gasteiger partial charge in [-0.1, -0.05) is 5.18 Å². The van der Waals surface area contributed by atoms with Crippen LogP contribution in [0.2, 0.25) is 0 Å². The van der Waals surface area contributed by atoms with Gasteiger partial charge in [-0.15, -0.1) is 4.91 Å². The van der Waals surface area contributed by atoms with E-state index in [0.29, 0.717) is 0 Å². The molecular formula is C6H6N2O6. The Kier molecular flexibility index (Phi) is 2.87.